The van der Waals surface area contributed by atoms with Crippen LogP contribution in [0.3, 0.4) is 0 Å². The second kappa shape index (κ2) is 2.73. The molecule has 1 heterocycles. The van der Waals surface area contributed by atoms with E-state index in [-0.39, 0.29) is 5.56 Å². The Morgan fingerprint density at radius 1 is 1.25 bits per heavy atom. The molecular weight excluding hydrogens is 174 g/mol. The first-order chi connectivity index (χ1) is 5.39. The van der Waals surface area contributed by atoms with E-state index in [0.717, 1.165) is 12.1 Å². The summed E-state index contributed by atoms with van der Waals surface area (Å²) in [5.74, 6) is -1.11. The zero-order valence-electron chi connectivity index (χ0n) is 6.11. The second-order valence-corrected chi connectivity index (χ2v) is 2.35. The molecule has 0 fully saturated rings. The van der Waals surface area contributed by atoms with Crippen molar-refractivity contribution in [2.45, 2.75) is 13.1 Å². The molecule has 0 aliphatic heterocycles. The lowest BCUT2D eigenvalue weighted by molar-refractivity contribution is -0.141. The highest BCUT2D eigenvalue weighted by Crippen LogP contribution is 2.27. The van der Waals surface area contributed by atoms with E-state index in [9.17, 15) is 17.6 Å². The Hall–Kier alpha value is -1.13. The van der Waals surface area contributed by atoms with Crippen molar-refractivity contribution in [2.24, 2.45) is 0 Å². The monoisotopic (exact) mass is 179 g/mol. The zero-order chi connectivity index (χ0) is 9.35. The zero-order valence-corrected chi connectivity index (χ0v) is 6.11. The van der Waals surface area contributed by atoms with Gasteiger partial charge in [0.15, 0.2) is 0 Å². The van der Waals surface area contributed by atoms with Gasteiger partial charge in [-0.25, -0.2) is 4.98 Å². The number of aryl methyl sites for hydroxylation is 1. The predicted octanol–water partition coefficient (Wildman–Crippen LogP) is 2.55. The molecule has 1 rings (SSSR count). The largest absolute Gasteiger partial charge is 0.433 e. The molecule has 0 unspecified atom stereocenters. The van der Waals surface area contributed by atoms with Crippen LogP contribution < -0.4 is 0 Å². The summed E-state index contributed by atoms with van der Waals surface area (Å²) in [5.41, 5.74) is -0.991. The standard InChI is InChI=1S/C7H5F4N/c1-4-2-5(7(9,10)11)12-6(8)3-4/h2-3H,1H3. The van der Waals surface area contributed by atoms with Gasteiger partial charge in [0.2, 0.25) is 5.95 Å². The maximum absolute atomic E-state index is 12.3. The number of aromatic nitrogens is 1. The molecule has 0 bridgehead atoms. The molecule has 0 spiro atoms. The maximum Gasteiger partial charge on any atom is 0.433 e. The Bertz CT molecular complexity index is 272. The first-order valence-electron chi connectivity index (χ1n) is 3.11. The number of hydrogen-bond acceptors (Lipinski definition) is 1. The van der Waals surface area contributed by atoms with E-state index in [1.54, 1.807) is 0 Å². The van der Waals surface area contributed by atoms with Crippen LogP contribution in [0, 0.1) is 12.9 Å². The highest BCUT2D eigenvalue weighted by Gasteiger charge is 2.32. The molecule has 0 radical (unpaired) electrons. The lowest BCUT2D eigenvalue weighted by Gasteiger charge is -2.05. The van der Waals surface area contributed by atoms with E-state index >= 15 is 0 Å². The third-order valence-corrected chi connectivity index (χ3v) is 1.23. The summed E-state index contributed by atoms with van der Waals surface area (Å²) in [6, 6.07) is 1.73. The summed E-state index contributed by atoms with van der Waals surface area (Å²) in [5, 5.41) is 0. The van der Waals surface area contributed by atoms with Gasteiger partial charge in [-0.3, -0.25) is 0 Å². The minimum absolute atomic E-state index is 0.204. The molecule has 5 heteroatoms. The first kappa shape index (κ1) is 8.96. The van der Waals surface area contributed by atoms with Gasteiger partial charge < -0.3 is 0 Å². The molecule has 12 heavy (non-hydrogen) atoms. The van der Waals surface area contributed by atoms with Gasteiger partial charge in [0, 0.05) is 0 Å². The van der Waals surface area contributed by atoms with E-state index in [2.05, 4.69) is 4.98 Å². The molecule has 0 aliphatic carbocycles. The maximum atomic E-state index is 12.3. The van der Waals surface area contributed by atoms with Gasteiger partial charge in [-0.05, 0) is 24.6 Å². The molecule has 66 valence electrons. The molecule has 1 aromatic heterocycles. The van der Waals surface area contributed by atoms with Crippen molar-refractivity contribution in [1.82, 2.24) is 4.98 Å². The molecule has 0 saturated heterocycles. The topological polar surface area (TPSA) is 12.9 Å². The predicted molar refractivity (Wildman–Crippen MR) is 33.9 cm³/mol. The molecule has 0 aromatic carbocycles. The molecule has 0 N–H and O–H groups in total. The Morgan fingerprint density at radius 3 is 2.25 bits per heavy atom. The van der Waals surface area contributed by atoms with Gasteiger partial charge in [-0.15, -0.1) is 0 Å². The molecule has 0 saturated carbocycles. The van der Waals surface area contributed by atoms with Crippen molar-refractivity contribution < 1.29 is 17.6 Å². The minimum Gasteiger partial charge on any atom is -0.215 e. The quantitative estimate of drug-likeness (QED) is 0.440. The molecular formula is C7H5F4N. The van der Waals surface area contributed by atoms with E-state index in [0.29, 0.717) is 0 Å². The van der Waals surface area contributed by atoms with Crippen LogP contribution in [-0.4, -0.2) is 4.98 Å². The van der Waals surface area contributed by atoms with Gasteiger partial charge in [0.25, 0.3) is 0 Å². The highest BCUT2D eigenvalue weighted by molar-refractivity contribution is 5.17. The van der Waals surface area contributed by atoms with Crippen LogP contribution in [0.1, 0.15) is 11.3 Å². The van der Waals surface area contributed by atoms with Crippen molar-refractivity contribution in [2.75, 3.05) is 0 Å². The summed E-state index contributed by atoms with van der Waals surface area (Å²) < 4.78 is 48.1. The average Bonchev–Trinajstić information content (AvgIpc) is 1.82. The smallest absolute Gasteiger partial charge is 0.215 e. The van der Waals surface area contributed by atoms with Crippen molar-refractivity contribution >= 4 is 0 Å². The molecule has 0 amide bonds. The van der Waals surface area contributed by atoms with Crippen LogP contribution in [0.15, 0.2) is 12.1 Å². The van der Waals surface area contributed by atoms with Crippen LogP contribution in [0.2, 0.25) is 0 Å². The van der Waals surface area contributed by atoms with E-state index in [4.69, 9.17) is 0 Å². The van der Waals surface area contributed by atoms with Gasteiger partial charge >= 0.3 is 6.18 Å². The van der Waals surface area contributed by atoms with Crippen molar-refractivity contribution in [3.8, 4) is 0 Å². The minimum atomic E-state index is -4.58. The summed E-state index contributed by atoms with van der Waals surface area (Å²) >= 11 is 0. The summed E-state index contributed by atoms with van der Waals surface area (Å²) in [7, 11) is 0. The van der Waals surface area contributed by atoms with Crippen LogP contribution in [-0.2, 0) is 6.18 Å². The lowest BCUT2D eigenvalue weighted by Crippen LogP contribution is -2.09. The Labute approximate surface area is 66.0 Å². The van der Waals surface area contributed by atoms with Gasteiger partial charge in [-0.1, -0.05) is 0 Å². The van der Waals surface area contributed by atoms with Crippen LogP contribution in [0.25, 0.3) is 0 Å². The van der Waals surface area contributed by atoms with Crippen molar-refractivity contribution in [3.63, 3.8) is 0 Å². The third kappa shape index (κ3) is 1.93. The Kier molecular flexibility index (Phi) is 2.04. The third-order valence-electron chi connectivity index (χ3n) is 1.23. The Morgan fingerprint density at radius 2 is 1.83 bits per heavy atom. The SMILES string of the molecule is Cc1cc(F)nc(C(F)(F)F)c1. The Balaban J connectivity index is 3.18. The lowest BCUT2D eigenvalue weighted by atomic mass is 10.2. The van der Waals surface area contributed by atoms with Crippen molar-refractivity contribution in [3.05, 3.63) is 29.3 Å². The number of hydrogen-bond donors (Lipinski definition) is 0. The molecule has 1 nitrogen and oxygen atoms in total. The summed E-state index contributed by atoms with van der Waals surface area (Å²) in [6.07, 6.45) is -4.58. The number of pyridine rings is 1. The van der Waals surface area contributed by atoms with Crippen LogP contribution in [0.4, 0.5) is 17.6 Å². The molecule has 0 atom stereocenters. The number of halogens is 4. The van der Waals surface area contributed by atoms with Crippen LogP contribution >= 0.6 is 0 Å². The number of rotatable bonds is 0. The van der Waals surface area contributed by atoms with E-state index in [1.165, 1.54) is 6.92 Å². The molecule has 1 aromatic rings. The van der Waals surface area contributed by atoms with Gasteiger partial charge in [-0.2, -0.15) is 17.6 Å². The molecule has 0 aliphatic rings. The fourth-order valence-electron chi connectivity index (χ4n) is 0.770. The summed E-state index contributed by atoms with van der Waals surface area (Å²) in [6.45, 7) is 1.38. The number of nitrogens with zero attached hydrogens (tertiary/aromatic N) is 1. The van der Waals surface area contributed by atoms with Gasteiger partial charge in [0.05, 0.1) is 0 Å². The summed E-state index contributed by atoms with van der Waals surface area (Å²) in [4.78, 5) is 2.71. The van der Waals surface area contributed by atoms with Gasteiger partial charge in [0.1, 0.15) is 5.69 Å². The first-order valence-corrected chi connectivity index (χ1v) is 3.11. The van der Waals surface area contributed by atoms with Crippen LogP contribution in [0.5, 0.6) is 0 Å². The van der Waals surface area contributed by atoms with E-state index in [1.807, 2.05) is 0 Å². The normalized spacial score (nSPS) is 11.8. The number of alkyl halides is 3. The second-order valence-electron chi connectivity index (χ2n) is 2.35. The fraction of sp³-hybridized carbons (Fsp3) is 0.286. The van der Waals surface area contributed by atoms with E-state index < -0.39 is 17.8 Å². The fourth-order valence-corrected chi connectivity index (χ4v) is 0.770. The highest BCUT2D eigenvalue weighted by atomic mass is 19.4. The average molecular weight is 179 g/mol. The van der Waals surface area contributed by atoms with Crippen molar-refractivity contribution in [1.29, 1.82) is 0 Å².